The van der Waals surface area contributed by atoms with Crippen molar-refractivity contribution in [2.24, 2.45) is 11.5 Å². The predicted octanol–water partition coefficient (Wildman–Crippen LogP) is 0.696. The lowest BCUT2D eigenvalue weighted by atomic mass is 10.1. The number of primary amides is 1. The highest BCUT2D eigenvalue weighted by atomic mass is 32.1. The molecule has 0 aliphatic carbocycles. The van der Waals surface area contributed by atoms with Crippen molar-refractivity contribution < 1.29 is 9.59 Å². The molecule has 1 unspecified atom stereocenters. The van der Waals surface area contributed by atoms with E-state index in [0.29, 0.717) is 4.88 Å². The molecule has 1 aromatic heterocycles. The van der Waals surface area contributed by atoms with Crippen LogP contribution in [-0.4, -0.2) is 17.7 Å². The summed E-state index contributed by atoms with van der Waals surface area (Å²) in [5.74, 6) is -0.762. The Kier molecular flexibility index (Phi) is 3.99. The van der Waals surface area contributed by atoms with Gasteiger partial charge in [-0.15, -0.1) is 11.3 Å². The van der Waals surface area contributed by atoms with E-state index in [1.807, 2.05) is 13.0 Å². The number of ketones is 1. The fourth-order valence-electron chi connectivity index (χ4n) is 1.12. The molecule has 4 N–H and O–H groups in total. The van der Waals surface area contributed by atoms with Gasteiger partial charge in [-0.2, -0.15) is 0 Å². The smallest absolute Gasteiger partial charge is 0.234 e. The van der Waals surface area contributed by atoms with Crippen molar-refractivity contribution in [3.8, 4) is 0 Å². The molecular formula is C10H14N2O2S. The molecule has 0 radical (unpaired) electrons. The largest absolute Gasteiger partial charge is 0.368 e. The molecule has 0 saturated heterocycles. The zero-order valence-corrected chi connectivity index (χ0v) is 9.34. The van der Waals surface area contributed by atoms with Gasteiger partial charge in [0, 0.05) is 11.3 Å². The van der Waals surface area contributed by atoms with Gasteiger partial charge in [-0.3, -0.25) is 9.59 Å². The van der Waals surface area contributed by atoms with Crippen molar-refractivity contribution in [2.45, 2.75) is 25.8 Å². The van der Waals surface area contributed by atoms with Gasteiger partial charge in [-0.05, 0) is 18.6 Å². The lowest BCUT2D eigenvalue weighted by molar-refractivity contribution is -0.119. The van der Waals surface area contributed by atoms with Crippen LogP contribution in [0.4, 0.5) is 0 Å². The van der Waals surface area contributed by atoms with Gasteiger partial charge in [0.2, 0.25) is 5.91 Å². The third-order valence-corrected chi connectivity index (χ3v) is 3.33. The Balaban J connectivity index is 2.65. The number of carbonyl (C=O) groups is 2. The lowest BCUT2D eigenvalue weighted by Gasteiger charge is -2.04. The van der Waals surface area contributed by atoms with Gasteiger partial charge in [-0.25, -0.2) is 0 Å². The van der Waals surface area contributed by atoms with Crippen LogP contribution in [0.2, 0.25) is 0 Å². The van der Waals surface area contributed by atoms with E-state index in [4.69, 9.17) is 11.5 Å². The van der Waals surface area contributed by atoms with E-state index >= 15 is 0 Å². The minimum absolute atomic E-state index is 0.0149. The summed E-state index contributed by atoms with van der Waals surface area (Å²) in [5, 5.41) is 0. The summed E-state index contributed by atoms with van der Waals surface area (Å²) in [6, 6.07) is 2.79. The fraction of sp³-hybridized carbons (Fsp3) is 0.400. The van der Waals surface area contributed by atoms with Crippen LogP contribution in [0, 0.1) is 0 Å². The average Bonchev–Trinajstić information content (AvgIpc) is 2.65. The molecule has 1 amide bonds. The molecule has 5 heteroatoms. The summed E-state index contributed by atoms with van der Waals surface area (Å²) in [5.41, 5.74) is 10.4. The Morgan fingerprint density at radius 1 is 1.47 bits per heavy atom. The summed E-state index contributed by atoms with van der Waals surface area (Å²) >= 11 is 1.44. The molecule has 0 aromatic carbocycles. The van der Waals surface area contributed by atoms with Gasteiger partial charge >= 0.3 is 0 Å². The Bertz CT molecular complexity index is 373. The summed E-state index contributed by atoms with van der Waals surface area (Å²) in [6.07, 6.45) is 0.888. The van der Waals surface area contributed by atoms with Crippen LogP contribution < -0.4 is 11.5 Å². The molecule has 0 aliphatic heterocycles. The second-order valence-corrected chi connectivity index (χ2v) is 4.42. The fourth-order valence-corrected chi connectivity index (χ4v) is 2.01. The number of thiophene rings is 1. The van der Waals surface area contributed by atoms with Gasteiger partial charge in [0.15, 0.2) is 5.78 Å². The number of carbonyl (C=O) groups excluding carboxylic acids is 2. The minimum atomic E-state index is -0.885. The number of aryl methyl sites for hydroxylation is 1. The van der Waals surface area contributed by atoms with Crippen LogP contribution in [0.3, 0.4) is 0 Å². The van der Waals surface area contributed by atoms with Gasteiger partial charge in [-0.1, -0.05) is 6.92 Å². The zero-order valence-electron chi connectivity index (χ0n) is 8.53. The predicted molar refractivity (Wildman–Crippen MR) is 59.8 cm³/mol. The third kappa shape index (κ3) is 3.14. The van der Waals surface area contributed by atoms with E-state index in [1.165, 1.54) is 11.3 Å². The summed E-state index contributed by atoms with van der Waals surface area (Å²) < 4.78 is 0. The van der Waals surface area contributed by atoms with Crippen LogP contribution >= 0.6 is 11.3 Å². The number of hydrogen-bond acceptors (Lipinski definition) is 4. The molecule has 1 aromatic rings. The zero-order chi connectivity index (χ0) is 11.4. The molecule has 0 bridgehead atoms. The molecule has 0 saturated carbocycles. The van der Waals surface area contributed by atoms with Crippen molar-refractivity contribution in [2.75, 3.05) is 0 Å². The van der Waals surface area contributed by atoms with E-state index in [9.17, 15) is 9.59 Å². The van der Waals surface area contributed by atoms with Crippen LogP contribution in [0.5, 0.6) is 0 Å². The van der Waals surface area contributed by atoms with Crippen molar-refractivity contribution in [3.05, 3.63) is 21.9 Å². The SMILES string of the molecule is CCc1ccc(C(=O)CC(N)C(N)=O)s1. The van der Waals surface area contributed by atoms with Crippen LogP contribution in [-0.2, 0) is 11.2 Å². The van der Waals surface area contributed by atoms with Crippen LogP contribution in [0.1, 0.15) is 27.9 Å². The van der Waals surface area contributed by atoms with Gasteiger partial charge in [0.1, 0.15) is 0 Å². The topological polar surface area (TPSA) is 86.2 Å². The van der Waals surface area contributed by atoms with Gasteiger partial charge < -0.3 is 11.5 Å². The average molecular weight is 226 g/mol. The third-order valence-electron chi connectivity index (χ3n) is 2.06. The summed E-state index contributed by atoms with van der Waals surface area (Å²) in [6.45, 7) is 2.02. The monoisotopic (exact) mass is 226 g/mol. The molecule has 82 valence electrons. The first-order chi connectivity index (χ1) is 7.04. The maximum absolute atomic E-state index is 11.6. The molecular weight excluding hydrogens is 212 g/mol. The molecule has 1 atom stereocenters. The standard InChI is InChI=1S/C10H14N2O2S/c1-2-6-3-4-9(15-6)8(13)5-7(11)10(12)14/h3-4,7H,2,5,11H2,1H3,(H2,12,14). The molecule has 0 aliphatic rings. The number of nitrogens with two attached hydrogens (primary N) is 2. The molecule has 1 rings (SSSR count). The Morgan fingerprint density at radius 3 is 2.60 bits per heavy atom. The Labute approximate surface area is 92.3 Å². The molecule has 1 heterocycles. The van der Waals surface area contributed by atoms with Gasteiger partial charge in [0.05, 0.1) is 10.9 Å². The summed E-state index contributed by atoms with van der Waals surface area (Å²) in [4.78, 5) is 24.1. The minimum Gasteiger partial charge on any atom is -0.368 e. The molecule has 0 spiro atoms. The second-order valence-electron chi connectivity index (χ2n) is 3.26. The van der Waals surface area contributed by atoms with Crippen molar-refractivity contribution in [1.82, 2.24) is 0 Å². The maximum atomic E-state index is 11.6. The lowest BCUT2D eigenvalue weighted by Crippen LogP contribution is -2.38. The van der Waals surface area contributed by atoms with E-state index in [1.54, 1.807) is 6.07 Å². The Hall–Kier alpha value is -1.20. The van der Waals surface area contributed by atoms with E-state index in [0.717, 1.165) is 11.3 Å². The highest BCUT2D eigenvalue weighted by Crippen LogP contribution is 2.18. The molecule has 4 nitrogen and oxygen atoms in total. The van der Waals surface area contributed by atoms with E-state index in [2.05, 4.69) is 0 Å². The van der Waals surface area contributed by atoms with Crippen molar-refractivity contribution >= 4 is 23.0 Å². The van der Waals surface area contributed by atoms with Gasteiger partial charge in [0.25, 0.3) is 0 Å². The van der Waals surface area contributed by atoms with Crippen LogP contribution in [0.25, 0.3) is 0 Å². The molecule has 0 fully saturated rings. The number of Topliss-reactive ketones (excluding diaryl/α,β-unsaturated/α-hetero) is 1. The number of amides is 1. The normalized spacial score (nSPS) is 12.4. The van der Waals surface area contributed by atoms with Crippen LogP contribution in [0.15, 0.2) is 12.1 Å². The molecule has 15 heavy (non-hydrogen) atoms. The first-order valence-corrected chi connectivity index (χ1v) is 5.53. The Morgan fingerprint density at radius 2 is 2.13 bits per heavy atom. The first kappa shape index (κ1) is 11.9. The quantitative estimate of drug-likeness (QED) is 0.724. The highest BCUT2D eigenvalue weighted by molar-refractivity contribution is 7.14. The summed E-state index contributed by atoms with van der Waals surface area (Å²) in [7, 11) is 0. The number of rotatable bonds is 5. The second kappa shape index (κ2) is 5.04. The van der Waals surface area contributed by atoms with E-state index in [-0.39, 0.29) is 12.2 Å². The van der Waals surface area contributed by atoms with E-state index < -0.39 is 11.9 Å². The van der Waals surface area contributed by atoms with Crippen molar-refractivity contribution in [1.29, 1.82) is 0 Å². The maximum Gasteiger partial charge on any atom is 0.234 e. The van der Waals surface area contributed by atoms with Crippen molar-refractivity contribution in [3.63, 3.8) is 0 Å². The number of hydrogen-bond donors (Lipinski definition) is 2. The highest BCUT2D eigenvalue weighted by Gasteiger charge is 2.17. The first-order valence-electron chi connectivity index (χ1n) is 4.71.